The van der Waals surface area contributed by atoms with Crippen molar-refractivity contribution in [1.82, 2.24) is 0 Å². The fourth-order valence-corrected chi connectivity index (χ4v) is 1.95. The molecule has 0 nitrogen and oxygen atoms in total. The van der Waals surface area contributed by atoms with Gasteiger partial charge < -0.3 is 0 Å². The SMILES string of the molecule is Fc1ccccc1[C@@H]1C[C@@H]1Br. The first-order chi connectivity index (χ1) is 5.29. The Bertz CT molecular complexity index is 272. The van der Waals surface area contributed by atoms with E-state index in [2.05, 4.69) is 15.9 Å². The van der Waals surface area contributed by atoms with Gasteiger partial charge >= 0.3 is 0 Å². The summed E-state index contributed by atoms with van der Waals surface area (Å²) in [4.78, 5) is 0.499. The van der Waals surface area contributed by atoms with Crippen molar-refractivity contribution in [1.29, 1.82) is 0 Å². The Hall–Kier alpha value is -0.370. The van der Waals surface area contributed by atoms with Crippen molar-refractivity contribution in [2.75, 3.05) is 0 Å². The molecular weight excluding hydrogens is 207 g/mol. The molecule has 11 heavy (non-hydrogen) atoms. The second kappa shape index (κ2) is 2.59. The molecule has 0 aromatic heterocycles. The molecular formula is C9H8BrF. The largest absolute Gasteiger partial charge is 0.207 e. The fraction of sp³-hybridized carbons (Fsp3) is 0.333. The highest BCUT2D eigenvalue weighted by atomic mass is 79.9. The Labute approximate surface area is 73.6 Å². The summed E-state index contributed by atoms with van der Waals surface area (Å²) in [6.45, 7) is 0. The number of hydrogen-bond donors (Lipinski definition) is 0. The number of benzene rings is 1. The van der Waals surface area contributed by atoms with Crippen molar-refractivity contribution < 1.29 is 4.39 Å². The molecule has 2 heteroatoms. The molecule has 1 fully saturated rings. The summed E-state index contributed by atoms with van der Waals surface area (Å²) in [6.07, 6.45) is 1.07. The van der Waals surface area contributed by atoms with Crippen molar-refractivity contribution in [2.24, 2.45) is 0 Å². The summed E-state index contributed by atoms with van der Waals surface area (Å²) < 4.78 is 13.0. The second-order valence-corrected chi connectivity index (χ2v) is 4.06. The first kappa shape index (κ1) is 7.29. The molecule has 1 saturated carbocycles. The third-order valence-electron chi connectivity index (χ3n) is 2.02. The van der Waals surface area contributed by atoms with Crippen molar-refractivity contribution in [3.05, 3.63) is 35.6 Å². The minimum Gasteiger partial charge on any atom is -0.207 e. The summed E-state index contributed by atoms with van der Waals surface area (Å²) in [7, 11) is 0. The van der Waals surface area contributed by atoms with Gasteiger partial charge in [-0.3, -0.25) is 0 Å². The van der Waals surface area contributed by atoms with Gasteiger partial charge in [0, 0.05) is 10.7 Å². The van der Waals surface area contributed by atoms with E-state index in [4.69, 9.17) is 0 Å². The van der Waals surface area contributed by atoms with Gasteiger partial charge in [-0.05, 0) is 18.1 Å². The van der Waals surface area contributed by atoms with Crippen LogP contribution in [0.25, 0.3) is 0 Å². The molecule has 0 bridgehead atoms. The van der Waals surface area contributed by atoms with Crippen molar-refractivity contribution in [3.63, 3.8) is 0 Å². The Balaban J connectivity index is 2.31. The van der Waals surface area contributed by atoms with Crippen LogP contribution >= 0.6 is 15.9 Å². The minimum absolute atomic E-state index is 0.0700. The van der Waals surface area contributed by atoms with E-state index in [1.54, 1.807) is 6.07 Å². The van der Waals surface area contributed by atoms with Crippen molar-refractivity contribution in [2.45, 2.75) is 17.2 Å². The van der Waals surface area contributed by atoms with E-state index in [0.29, 0.717) is 10.7 Å². The van der Waals surface area contributed by atoms with E-state index in [1.165, 1.54) is 6.07 Å². The predicted octanol–water partition coefficient (Wildman–Crippen LogP) is 3.08. The molecule has 0 heterocycles. The van der Waals surface area contributed by atoms with E-state index in [-0.39, 0.29) is 5.82 Å². The highest BCUT2D eigenvalue weighted by Gasteiger charge is 2.37. The van der Waals surface area contributed by atoms with Gasteiger partial charge in [-0.1, -0.05) is 34.1 Å². The van der Waals surface area contributed by atoms with E-state index in [1.807, 2.05) is 12.1 Å². The summed E-state index contributed by atoms with van der Waals surface area (Å²) in [5.74, 6) is 0.343. The quantitative estimate of drug-likeness (QED) is 0.631. The van der Waals surface area contributed by atoms with Gasteiger partial charge in [0.2, 0.25) is 0 Å². The monoisotopic (exact) mass is 214 g/mol. The van der Waals surface area contributed by atoms with Crippen LogP contribution in [-0.2, 0) is 0 Å². The average Bonchev–Trinajstić information content (AvgIpc) is 2.68. The van der Waals surface area contributed by atoms with Crippen LogP contribution in [0.15, 0.2) is 24.3 Å². The first-order valence-corrected chi connectivity index (χ1v) is 4.59. The Kier molecular flexibility index (Phi) is 1.72. The number of hydrogen-bond acceptors (Lipinski definition) is 0. The summed E-state index contributed by atoms with van der Waals surface area (Å²) >= 11 is 3.45. The lowest BCUT2D eigenvalue weighted by molar-refractivity contribution is 0.611. The molecule has 0 amide bonds. The van der Waals surface area contributed by atoms with Gasteiger partial charge in [0.25, 0.3) is 0 Å². The molecule has 0 spiro atoms. The van der Waals surface area contributed by atoms with Crippen molar-refractivity contribution >= 4 is 15.9 Å². The van der Waals surface area contributed by atoms with Gasteiger partial charge in [0.1, 0.15) is 5.82 Å². The smallest absolute Gasteiger partial charge is 0.126 e. The average molecular weight is 215 g/mol. The molecule has 0 unspecified atom stereocenters. The fourth-order valence-electron chi connectivity index (χ4n) is 1.26. The summed E-state index contributed by atoms with van der Waals surface area (Å²) in [6, 6.07) is 7.00. The Morgan fingerprint density at radius 1 is 1.36 bits per heavy atom. The van der Waals surface area contributed by atoms with Gasteiger partial charge in [0.05, 0.1) is 0 Å². The molecule has 0 N–H and O–H groups in total. The van der Waals surface area contributed by atoms with Crippen molar-refractivity contribution in [3.8, 4) is 0 Å². The maximum absolute atomic E-state index is 13.0. The minimum atomic E-state index is -0.0700. The lowest BCUT2D eigenvalue weighted by Gasteiger charge is -1.97. The maximum Gasteiger partial charge on any atom is 0.126 e. The Morgan fingerprint density at radius 2 is 2.00 bits per heavy atom. The lowest BCUT2D eigenvalue weighted by Crippen LogP contribution is -1.86. The van der Waals surface area contributed by atoms with E-state index >= 15 is 0 Å². The molecule has 2 rings (SSSR count). The Morgan fingerprint density at radius 3 is 2.55 bits per heavy atom. The molecule has 1 aromatic rings. The van der Waals surface area contributed by atoms with Crippen LogP contribution < -0.4 is 0 Å². The highest BCUT2D eigenvalue weighted by Crippen LogP contribution is 2.47. The van der Waals surface area contributed by atoms with E-state index in [9.17, 15) is 4.39 Å². The molecule has 0 aliphatic heterocycles. The molecule has 1 aliphatic carbocycles. The molecule has 58 valence electrons. The van der Waals surface area contributed by atoms with Crippen LogP contribution in [0.1, 0.15) is 17.9 Å². The lowest BCUT2D eigenvalue weighted by atomic mass is 10.1. The maximum atomic E-state index is 13.0. The van der Waals surface area contributed by atoms with Gasteiger partial charge in [-0.2, -0.15) is 0 Å². The van der Waals surface area contributed by atoms with Crippen LogP contribution in [0.2, 0.25) is 0 Å². The van der Waals surface area contributed by atoms with Crippen LogP contribution in [0.3, 0.4) is 0 Å². The molecule has 0 radical (unpaired) electrons. The van der Waals surface area contributed by atoms with Crippen LogP contribution in [-0.4, -0.2) is 4.83 Å². The number of rotatable bonds is 1. The zero-order chi connectivity index (χ0) is 7.84. The normalized spacial score (nSPS) is 28.5. The topological polar surface area (TPSA) is 0 Å². The van der Waals surface area contributed by atoms with Crippen LogP contribution in [0.5, 0.6) is 0 Å². The van der Waals surface area contributed by atoms with E-state index < -0.39 is 0 Å². The number of alkyl halides is 1. The highest BCUT2D eigenvalue weighted by molar-refractivity contribution is 9.09. The molecule has 0 saturated heterocycles. The summed E-state index contributed by atoms with van der Waals surface area (Å²) in [5.41, 5.74) is 0.856. The van der Waals surface area contributed by atoms with Crippen LogP contribution in [0, 0.1) is 5.82 Å². The third kappa shape index (κ3) is 1.32. The number of halogens is 2. The molecule has 1 aliphatic rings. The van der Waals surface area contributed by atoms with E-state index in [0.717, 1.165) is 12.0 Å². The first-order valence-electron chi connectivity index (χ1n) is 3.67. The van der Waals surface area contributed by atoms with Gasteiger partial charge in [0.15, 0.2) is 0 Å². The van der Waals surface area contributed by atoms with Gasteiger partial charge in [-0.15, -0.1) is 0 Å². The second-order valence-electron chi connectivity index (χ2n) is 2.88. The molecule has 1 aromatic carbocycles. The standard InChI is InChI=1S/C9H8BrF/c10-8-5-7(8)6-3-1-2-4-9(6)11/h1-4,7-8H,5H2/t7-,8-/m0/s1. The third-order valence-corrected chi connectivity index (χ3v) is 3.03. The van der Waals surface area contributed by atoms with Gasteiger partial charge in [-0.25, -0.2) is 4.39 Å². The zero-order valence-electron chi connectivity index (χ0n) is 5.93. The predicted molar refractivity (Wildman–Crippen MR) is 46.5 cm³/mol. The van der Waals surface area contributed by atoms with Crippen LogP contribution in [0.4, 0.5) is 4.39 Å². The summed E-state index contributed by atoms with van der Waals surface area (Å²) in [5, 5.41) is 0. The zero-order valence-corrected chi connectivity index (χ0v) is 7.51. The molecule has 2 atom stereocenters.